The summed E-state index contributed by atoms with van der Waals surface area (Å²) in [5.74, 6) is -2.66. The van der Waals surface area contributed by atoms with Crippen molar-refractivity contribution in [2.45, 2.75) is 18.9 Å². The molecule has 1 unspecified atom stereocenters. The van der Waals surface area contributed by atoms with E-state index in [0.717, 1.165) is 24.2 Å². The number of pyridine rings is 1. The molecule has 0 bridgehead atoms. The van der Waals surface area contributed by atoms with Gasteiger partial charge in [-0.05, 0) is 43.2 Å². The number of nitrogens with one attached hydrogen (secondary N) is 1. The van der Waals surface area contributed by atoms with Crippen LogP contribution in [0.15, 0.2) is 42.7 Å². The molecule has 1 amide bonds. The number of amides is 1. The lowest BCUT2D eigenvalue weighted by Gasteiger charge is -2.27. The van der Waals surface area contributed by atoms with E-state index in [9.17, 15) is 18.4 Å². The number of aromatic nitrogens is 2. The van der Waals surface area contributed by atoms with Gasteiger partial charge in [0, 0.05) is 18.3 Å². The Bertz CT molecular complexity index is 1100. The maximum Gasteiger partial charge on any atom is 0.322 e. The minimum atomic E-state index is -1.15. The zero-order valence-corrected chi connectivity index (χ0v) is 15.3. The van der Waals surface area contributed by atoms with Crippen LogP contribution in [0.4, 0.5) is 14.5 Å². The van der Waals surface area contributed by atoms with E-state index in [1.807, 2.05) is 11.0 Å². The molecule has 1 saturated heterocycles. The van der Waals surface area contributed by atoms with Crippen molar-refractivity contribution in [2.24, 2.45) is 0 Å². The number of anilines is 1. The van der Waals surface area contributed by atoms with Gasteiger partial charge in [-0.2, -0.15) is 0 Å². The number of carbonyl (C=O) groups excluding carboxylic acids is 1. The van der Waals surface area contributed by atoms with Crippen molar-refractivity contribution in [2.75, 3.05) is 18.0 Å². The van der Waals surface area contributed by atoms with Gasteiger partial charge in [0.05, 0.1) is 17.9 Å². The molecule has 1 atom stereocenters. The summed E-state index contributed by atoms with van der Waals surface area (Å²) in [6.07, 6.45) is 4.56. The topological polar surface area (TPSA) is 86.9 Å². The Morgan fingerprint density at radius 1 is 1.24 bits per heavy atom. The predicted molar refractivity (Wildman–Crippen MR) is 101 cm³/mol. The summed E-state index contributed by atoms with van der Waals surface area (Å²) >= 11 is 0. The largest absolute Gasteiger partial charge is 0.480 e. The maximum absolute atomic E-state index is 14.3. The molecule has 2 aromatic heterocycles. The van der Waals surface area contributed by atoms with E-state index < -0.39 is 30.1 Å². The first-order valence-corrected chi connectivity index (χ1v) is 9.13. The molecule has 1 aliphatic heterocycles. The molecule has 0 saturated carbocycles. The summed E-state index contributed by atoms with van der Waals surface area (Å²) in [7, 11) is 0. The summed E-state index contributed by atoms with van der Waals surface area (Å²) in [4.78, 5) is 29.1. The molecule has 4 rings (SSSR count). The van der Waals surface area contributed by atoms with E-state index in [1.165, 1.54) is 12.3 Å². The number of carbonyl (C=O) groups is 2. The molecule has 3 aromatic rings. The normalized spacial score (nSPS) is 16.3. The molecule has 1 aromatic carbocycles. The summed E-state index contributed by atoms with van der Waals surface area (Å²) in [5, 5.41) is 11.0. The number of nitrogens with zero attached hydrogens (tertiary/aromatic N) is 3. The Balaban J connectivity index is 1.68. The summed E-state index contributed by atoms with van der Waals surface area (Å²) in [6, 6.07) is 6.66. The van der Waals surface area contributed by atoms with Gasteiger partial charge in [-0.25, -0.2) is 13.8 Å². The summed E-state index contributed by atoms with van der Waals surface area (Å²) < 4.78 is 29.6. The van der Waals surface area contributed by atoms with Crippen LogP contribution in [0.5, 0.6) is 0 Å². The quantitative estimate of drug-likeness (QED) is 0.688. The Hall–Kier alpha value is -3.49. The number of benzene rings is 1. The molecule has 7 nitrogen and oxygen atoms in total. The monoisotopic (exact) mass is 400 g/mol. The highest BCUT2D eigenvalue weighted by atomic mass is 19.1. The Morgan fingerprint density at radius 3 is 2.86 bits per heavy atom. The predicted octanol–water partition coefficient (Wildman–Crippen LogP) is 2.77. The third kappa shape index (κ3) is 3.63. The molecule has 0 radical (unpaired) electrons. The highest BCUT2D eigenvalue weighted by Gasteiger charge is 2.29. The highest BCUT2D eigenvalue weighted by Crippen LogP contribution is 2.37. The van der Waals surface area contributed by atoms with Gasteiger partial charge in [0.15, 0.2) is 0 Å². The van der Waals surface area contributed by atoms with Gasteiger partial charge in [-0.15, -0.1) is 0 Å². The van der Waals surface area contributed by atoms with Crippen molar-refractivity contribution in [1.29, 1.82) is 0 Å². The van der Waals surface area contributed by atoms with Crippen molar-refractivity contribution in [3.8, 4) is 0 Å². The average Bonchev–Trinajstić information content (AvgIpc) is 3.34. The fourth-order valence-corrected chi connectivity index (χ4v) is 3.72. The van der Waals surface area contributed by atoms with Crippen LogP contribution in [0.1, 0.15) is 34.9 Å². The van der Waals surface area contributed by atoms with Crippen LogP contribution in [-0.2, 0) is 4.79 Å². The van der Waals surface area contributed by atoms with E-state index in [2.05, 4.69) is 10.3 Å². The van der Waals surface area contributed by atoms with Crippen molar-refractivity contribution in [1.82, 2.24) is 14.7 Å². The number of carboxylic acid groups (broad SMARTS) is 1. The molecule has 3 heterocycles. The maximum atomic E-state index is 14.3. The van der Waals surface area contributed by atoms with Gasteiger partial charge in [0.1, 0.15) is 29.5 Å². The Labute approximate surface area is 164 Å². The minimum absolute atomic E-state index is 0.191. The van der Waals surface area contributed by atoms with Gasteiger partial charge < -0.3 is 15.3 Å². The van der Waals surface area contributed by atoms with Crippen LogP contribution in [0.3, 0.4) is 0 Å². The number of carboxylic acids is 1. The lowest BCUT2D eigenvalue weighted by Crippen LogP contribution is -2.30. The SMILES string of the molecule is O=C(O)CNC(=O)c1cnc2ccc(N3CCCC3c3cc(F)ccc3F)cn12. The lowest BCUT2D eigenvalue weighted by molar-refractivity contribution is -0.135. The average molecular weight is 400 g/mol. The molecule has 29 heavy (non-hydrogen) atoms. The molecular formula is C20H18F2N4O3. The molecule has 1 fully saturated rings. The first-order chi connectivity index (χ1) is 13.9. The van der Waals surface area contributed by atoms with Crippen LogP contribution >= 0.6 is 0 Å². The number of hydrogen-bond acceptors (Lipinski definition) is 4. The van der Waals surface area contributed by atoms with Crippen molar-refractivity contribution in [3.63, 3.8) is 0 Å². The van der Waals surface area contributed by atoms with E-state index in [4.69, 9.17) is 5.11 Å². The second kappa shape index (κ2) is 7.50. The first kappa shape index (κ1) is 18.9. The van der Waals surface area contributed by atoms with E-state index >= 15 is 0 Å². The Kier molecular flexibility index (Phi) is 4.87. The van der Waals surface area contributed by atoms with Crippen molar-refractivity contribution in [3.05, 3.63) is 65.6 Å². The van der Waals surface area contributed by atoms with Crippen LogP contribution in [0.25, 0.3) is 5.65 Å². The van der Waals surface area contributed by atoms with Gasteiger partial charge in [0.25, 0.3) is 5.91 Å². The molecule has 0 aliphatic carbocycles. The summed E-state index contributed by atoms with van der Waals surface area (Å²) in [6.45, 7) is 0.153. The van der Waals surface area contributed by atoms with Crippen LogP contribution in [0.2, 0.25) is 0 Å². The van der Waals surface area contributed by atoms with E-state index in [-0.39, 0.29) is 11.7 Å². The van der Waals surface area contributed by atoms with Gasteiger partial charge in [0.2, 0.25) is 0 Å². The number of aliphatic carboxylic acids is 1. The zero-order valence-electron chi connectivity index (χ0n) is 15.3. The van der Waals surface area contributed by atoms with E-state index in [1.54, 1.807) is 16.7 Å². The van der Waals surface area contributed by atoms with Gasteiger partial charge in [-0.3, -0.25) is 14.0 Å². The second-order valence-electron chi connectivity index (χ2n) is 6.85. The number of rotatable bonds is 5. The Morgan fingerprint density at radius 2 is 2.07 bits per heavy atom. The smallest absolute Gasteiger partial charge is 0.322 e. The van der Waals surface area contributed by atoms with E-state index in [0.29, 0.717) is 24.2 Å². The standard InChI is InChI=1S/C20H18F2N4O3/c21-12-3-5-15(22)14(8-12)16-2-1-7-25(16)13-4-6-18-23-9-17(26(18)11-13)20(29)24-10-19(27)28/h3-6,8-9,11,16H,1-2,7,10H2,(H,24,29)(H,27,28). The lowest BCUT2D eigenvalue weighted by atomic mass is 10.0. The zero-order chi connectivity index (χ0) is 20.5. The fourth-order valence-electron chi connectivity index (χ4n) is 3.72. The fraction of sp³-hybridized carbons (Fsp3) is 0.250. The number of hydrogen-bond donors (Lipinski definition) is 2. The molecule has 2 N–H and O–H groups in total. The van der Waals surface area contributed by atoms with Gasteiger partial charge in [-0.1, -0.05) is 0 Å². The van der Waals surface area contributed by atoms with Crippen LogP contribution in [0, 0.1) is 11.6 Å². The molecular weight excluding hydrogens is 382 g/mol. The third-order valence-corrected chi connectivity index (χ3v) is 5.02. The van der Waals surface area contributed by atoms with Gasteiger partial charge >= 0.3 is 5.97 Å². The third-order valence-electron chi connectivity index (χ3n) is 5.02. The van der Waals surface area contributed by atoms with Crippen molar-refractivity contribution < 1.29 is 23.5 Å². The second-order valence-corrected chi connectivity index (χ2v) is 6.85. The number of imidazole rings is 1. The van der Waals surface area contributed by atoms with Crippen molar-refractivity contribution >= 4 is 23.2 Å². The number of halogens is 2. The highest BCUT2D eigenvalue weighted by molar-refractivity contribution is 5.95. The summed E-state index contributed by atoms with van der Waals surface area (Å²) in [5.41, 5.74) is 1.74. The minimum Gasteiger partial charge on any atom is -0.480 e. The molecule has 9 heteroatoms. The first-order valence-electron chi connectivity index (χ1n) is 9.13. The molecule has 0 spiro atoms. The molecule has 1 aliphatic rings. The molecule has 150 valence electrons. The van der Waals surface area contributed by atoms with Crippen LogP contribution in [-0.4, -0.2) is 39.5 Å². The number of fused-ring (bicyclic) bond motifs is 1. The van der Waals surface area contributed by atoms with Crippen LogP contribution < -0.4 is 10.2 Å².